The van der Waals surface area contributed by atoms with Crippen LogP contribution in [0, 0.1) is 6.92 Å². The van der Waals surface area contributed by atoms with Crippen LogP contribution in [0.15, 0.2) is 48.8 Å². The molecule has 0 bridgehead atoms. The molecule has 2 aromatic heterocycles. The topological polar surface area (TPSA) is 69.8 Å². The molecule has 0 radical (unpaired) electrons. The Hall–Kier alpha value is -2.37. The third-order valence-electron chi connectivity index (χ3n) is 3.59. The van der Waals surface area contributed by atoms with E-state index in [1.807, 2.05) is 60.1 Å². The van der Waals surface area contributed by atoms with Gasteiger partial charge in [-0.3, -0.25) is 0 Å². The zero-order chi connectivity index (χ0) is 15.5. The smallest absolute Gasteiger partial charge is 0.140 e. The van der Waals surface area contributed by atoms with Crippen molar-refractivity contribution >= 4 is 11.3 Å². The van der Waals surface area contributed by atoms with Crippen LogP contribution in [0.25, 0.3) is 16.9 Å². The lowest BCUT2D eigenvalue weighted by Crippen LogP contribution is -2.22. The number of aliphatic hydroxyl groups is 2. The third-order valence-corrected chi connectivity index (χ3v) is 3.59. The SMILES string of the molecule is Cc1cccn2cc(-c3cccc(NCC(O)CO)c3)nc12. The van der Waals surface area contributed by atoms with Crippen molar-refractivity contribution in [3.63, 3.8) is 0 Å². The molecule has 3 aromatic rings. The molecule has 22 heavy (non-hydrogen) atoms. The van der Waals surface area contributed by atoms with Crippen LogP contribution in [-0.4, -0.2) is 38.9 Å². The van der Waals surface area contributed by atoms with Gasteiger partial charge in [0.25, 0.3) is 0 Å². The number of aromatic nitrogens is 2. The van der Waals surface area contributed by atoms with E-state index in [4.69, 9.17) is 5.11 Å². The van der Waals surface area contributed by atoms with Crippen molar-refractivity contribution in [2.75, 3.05) is 18.5 Å². The monoisotopic (exact) mass is 297 g/mol. The highest BCUT2D eigenvalue weighted by molar-refractivity contribution is 5.68. The van der Waals surface area contributed by atoms with Gasteiger partial charge in [-0.15, -0.1) is 0 Å². The fraction of sp³-hybridized carbons (Fsp3) is 0.235. The quantitative estimate of drug-likeness (QED) is 0.674. The van der Waals surface area contributed by atoms with Crippen molar-refractivity contribution in [3.05, 3.63) is 54.4 Å². The lowest BCUT2D eigenvalue weighted by Gasteiger charge is -2.10. The van der Waals surface area contributed by atoms with Crippen LogP contribution in [0.5, 0.6) is 0 Å². The molecule has 0 aliphatic carbocycles. The van der Waals surface area contributed by atoms with E-state index in [1.165, 1.54) is 0 Å². The molecule has 2 heterocycles. The fourth-order valence-electron chi connectivity index (χ4n) is 2.38. The minimum Gasteiger partial charge on any atom is -0.394 e. The number of nitrogens with one attached hydrogen (secondary N) is 1. The number of hydrogen-bond donors (Lipinski definition) is 3. The normalized spacial score (nSPS) is 12.5. The minimum atomic E-state index is -0.763. The molecule has 5 heteroatoms. The molecule has 1 atom stereocenters. The molecule has 0 saturated carbocycles. The maximum atomic E-state index is 9.40. The predicted octanol–water partition coefficient (Wildman–Crippen LogP) is 2.07. The van der Waals surface area contributed by atoms with Crippen LogP contribution in [0.1, 0.15) is 5.56 Å². The van der Waals surface area contributed by atoms with Crippen molar-refractivity contribution in [1.29, 1.82) is 0 Å². The Labute approximate surface area is 128 Å². The summed E-state index contributed by atoms with van der Waals surface area (Å²) in [5.41, 5.74) is 4.88. The van der Waals surface area contributed by atoms with Gasteiger partial charge in [0, 0.05) is 30.2 Å². The van der Waals surface area contributed by atoms with E-state index < -0.39 is 6.10 Å². The van der Waals surface area contributed by atoms with Gasteiger partial charge in [-0.1, -0.05) is 18.2 Å². The molecule has 0 saturated heterocycles. The Morgan fingerprint density at radius 1 is 1.27 bits per heavy atom. The van der Waals surface area contributed by atoms with Crippen molar-refractivity contribution in [2.24, 2.45) is 0 Å². The molecule has 114 valence electrons. The number of nitrogens with zero attached hydrogens (tertiary/aromatic N) is 2. The predicted molar refractivity (Wildman–Crippen MR) is 86.9 cm³/mol. The van der Waals surface area contributed by atoms with E-state index in [0.29, 0.717) is 6.54 Å². The van der Waals surface area contributed by atoms with E-state index in [-0.39, 0.29) is 6.61 Å². The number of rotatable bonds is 5. The van der Waals surface area contributed by atoms with Crippen LogP contribution in [0.2, 0.25) is 0 Å². The highest BCUT2D eigenvalue weighted by Crippen LogP contribution is 2.23. The first-order valence-corrected chi connectivity index (χ1v) is 7.25. The molecule has 0 fully saturated rings. The summed E-state index contributed by atoms with van der Waals surface area (Å²) in [6.45, 7) is 2.10. The summed E-state index contributed by atoms with van der Waals surface area (Å²) in [6, 6.07) is 11.9. The summed E-state index contributed by atoms with van der Waals surface area (Å²) in [5.74, 6) is 0. The standard InChI is InChI=1S/C17H19N3O2/c1-12-4-3-7-20-10-16(19-17(12)20)13-5-2-6-14(8-13)18-9-15(22)11-21/h2-8,10,15,18,21-22H,9,11H2,1H3. The van der Waals surface area contributed by atoms with E-state index in [0.717, 1.165) is 28.2 Å². The van der Waals surface area contributed by atoms with Gasteiger partial charge in [0.15, 0.2) is 0 Å². The van der Waals surface area contributed by atoms with E-state index in [1.54, 1.807) is 0 Å². The van der Waals surface area contributed by atoms with Gasteiger partial charge in [-0.2, -0.15) is 0 Å². The van der Waals surface area contributed by atoms with Gasteiger partial charge in [-0.25, -0.2) is 4.98 Å². The van der Waals surface area contributed by atoms with E-state index in [2.05, 4.69) is 10.3 Å². The average Bonchev–Trinajstić information content (AvgIpc) is 2.98. The summed E-state index contributed by atoms with van der Waals surface area (Å²) in [4.78, 5) is 4.68. The number of aryl methyl sites for hydroxylation is 1. The van der Waals surface area contributed by atoms with Gasteiger partial charge < -0.3 is 19.9 Å². The third kappa shape index (κ3) is 2.95. The first kappa shape index (κ1) is 14.6. The van der Waals surface area contributed by atoms with Crippen molar-refractivity contribution in [3.8, 4) is 11.3 Å². The molecule has 3 N–H and O–H groups in total. The number of anilines is 1. The number of imidazole rings is 1. The van der Waals surface area contributed by atoms with Gasteiger partial charge >= 0.3 is 0 Å². The lowest BCUT2D eigenvalue weighted by molar-refractivity contribution is 0.105. The van der Waals surface area contributed by atoms with Crippen molar-refractivity contribution in [2.45, 2.75) is 13.0 Å². The number of aliphatic hydroxyl groups excluding tert-OH is 2. The van der Waals surface area contributed by atoms with Crippen LogP contribution >= 0.6 is 0 Å². The number of benzene rings is 1. The second-order valence-corrected chi connectivity index (χ2v) is 5.35. The Bertz CT molecular complexity index is 782. The molecule has 1 aromatic carbocycles. The van der Waals surface area contributed by atoms with Crippen LogP contribution in [0.4, 0.5) is 5.69 Å². The van der Waals surface area contributed by atoms with Gasteiger partial charge in [0.2, 0.25) is 0 Å². The van der Waals surface area contributed by atoms with Crippen LogP contribution in [-0.2, 0) is 0 Å². The molecular formula is C17H19N3O2. The molecule has 0 aliphatic rings. The number of fused-ring (bicyclic) bond motifs is 1. The minimum absolute atomic E-state index is 0.252. The van der Waals surface area contributed by atoms with E-state index >= 15 is 0 Å². The second kappa shape index (κ2) is 6.17. The van der Waals surface area contributed by atoms with Gasteiger partial charge in [0.1, 0.15) is 5.65 Å². The molecule has 1 unspecified atom stereocenters. The first-order chi connectivity index (χ1) is 10.7. The summed E-state index contributed by atoms with van der Waals surface area (Å²) >= 11 is 0. The summed E-state index contributed by atoms with van der Waals surface area (Å²) in [5, 5.41) is 21.4. The molecule has 0 amide bonds. The number of hydrogen-bond acceptors (Lipinski definition) is 4. The van der Waals surface area contributed by atoms with Crippen molar-refractivity contribution in [1.82, 2.24) is 9.38 Å². The fourth-order valence-corrected chi connectivity index (χ4v) is 2.38. The number of pyridine rings is 1. The Kier molecular flexibility index (Phi) is 4.09. The zero-order valence-corrected chi connectivity index (χ0v) is 12.4. The highest BCUT2D eigenvalue weighted by Gasteiger charge is 2.07. The summed E-state index contributed by atoms with van der Waals surface area (Å²) < 4.78 is 2.01. The average molecular weight is 297 g/mol. The molecule has 3 rings (SSSR count). The van der Waals surface area contributed by atoms with Gasteiger partial charge in [0.05, 0.1) is 18.4 Å². The zero-order valence-electron chi connectivity index (χ0n) is 12.4. The van der Waals surface area contributed by atoms with E-state index in [9.17, 15) is 5.11 Å². The second-order valence-electron chi connectivity index (χ2n) is 5.35. The maximum absolute atomic E-state index is 9.40. The molecular weight excluding hydrogens is 278 g/mol. The highest BCUT2D eigenvalue weighted by atomic mass is 16.3. The molecule has 0 spiro atoms. The van der Waals surface area contributed by atoms with Gasteiger partial charge in [-0.05, 0) is 30.7 Å². The van der Waals surface area contributed by atoms with Crippen LogP contribution < -0.4 is 5.32 Å². The van der Waals surface area contributed by atoms with Crippen LogP contribution in [0.3, 0.4) is 0 Å². The lowest BCUT2D eigenvalue weighted by atomic mass is 10.1. The summed E-state index contributed by atoms with van der Waals surface area (Å²) in [6.07, 6.45) is 3.23. The van der Waals surface area contributed by atoms with Crippen molar-refractivity contribution < 1.29 is 10.2 Å². The first-order valence-electron chi connectivity index (χ1n) is 7.25. The maximum Gasteiger partial charge on any atom is 0.140 e. The molecule has 0 aliphatic heterocycles. The Balaban J connectivity index is 1.88. The molecule has 5 nitrogen and oxygen atoms in total. The largest absolute Gasteiger partial charge is 0.394 e. The summed E-state index contributed by atoms with van der Waals surface area (Å²) in [7, 11) is 0. The Morgan fingerprint density at radius 2 is 2.14 bits per heavy atom. The Morgan fingerprint density at radius 3 is 2.91 bits per heavy atom.